The van der Waals surface area contributed by atoms with Gasteiger partial charge in [-0.25, -0.2) is 0 Å². The van der Waals surface area contributed by atoms with Gasteiger partial charge in [0.15, 0.2) is 0 Å². The monoisotopic (exact) mass is 164 g/mol. The molecule has 0 aromatic heterocycles. The standard InChI is InChI=1S/C6H12OS2/c8-9-5-6-1-3-7-4-2-6/h6,8H,1-5H2. The summed E-state index contributed by atoms with van der Waals surface area (Å²) < 4.78 is 5.21. The average molecular weight is 164 g/mol. The van der Waals surface area contributed by atoms with Crippen LogP contribution in [-0.2, 0) is 4.74 Å². The number of hydrogen-bond donors (Lipinski definition) is 1. The highest BCUT2D eigenvalue weighted by Gasteiger charge is 2.12. The second-order valence-electron chi connectivity index (χ2n) is 2.35. The third kappa shape index (κ3) is 2.83. The van der Waals surface area contributed by atoms with Crippen LogP contribution in [0, 0.1) is 5.92 Å². The van der Waals surface area contributed by atoms with E-state index in [-0.39, 0.29) is 0 Å². The van der Waals surface area contributed by atoms with E-state index in [1.54, 1.807) is 10.8 Å². The van der Waals surface area contributed by atoms with E-state index in [0.717, 1.165) is 19.1 Å². The van der Waals surface area contributed by atoms with Crippen molar-refractivity contribution in [1.82, 2.24) is 0 Å². The zero-order valence-electron chi connectivity index (χ0n) is 5.38. The first-order valence-electron chi connectivity index (χ1n) is 3.27. The molecule has 1 fully saturated rings. The Bertz CT molecular complexity index is 68.7. The molecule has 54 valence electrons. The molecule has 0 aromatic carbocycles. The summed E-state index contributed by atoms with van der Waals surface area (Å²) in [5, 5.41) is 0. The minimum atomic E-state index is 0.862. The Hall–Kier alpha value is 0.660. The summed E-state index contributed by atoms with van der Waals surface area (Å²) >= 11 is 4.11. The minimum absolute atomic E-state index is 0.862. The summed E-state index contributed by atoms with van der Waals surface area (Å²) in [5.74, 6) is 2.05. The molecular formula is C6H12OS2. The van der Waals surface area contributed by atoms with Crippen LogP contribution in [0.4, 0.5) is 0 Å². The summed E-state index contributed by atoms with van der Waals surface area (Å²) in [6.45, 7) is 1.91. The highest BCUT2D eigenvalue weighted by Crippen LogP contribution is 2.20. The van der Waals surface area contributed by atoms with Crippen molar-refractivity contribution < 1.29 is 4.74 Å². The zero-order chi connectivity index (χ0) is 6.53. The van der Waals surface area contributed by atoms with Gasteiger partial charge in [0.2, 0.25) is 0 Å². The first-order valence-corrected chi connectivity index (χ1v) is 5.31. The molecule has 3 heteroatoms. The Balaban J connectivity index is 2.08. The lowest BCUT2D eigenvalue weighted by Gasteiger charge is -2.20. The van der Waals surface area contributed by atoms with Crippen LogP contribution in [0.2, 0.25) is 0 Å². The van der Waals surface area contributed by atoms with E-state index in [2.05, 4.69) is 11.7 Å². The molecule has 1 saturated heterocycles. The van der Waals surface area contributed by atoms with Gasteiger partial charge in [0.05, 0.1) is 0 Å². The van der Waals surface area contributed by atoms with Crippen LogP contribution in [0.15, 0.2) is 0 Å². The third-order valence-corrected chi connectivity index (χ3v) is 2.72. The summed E-state index contributed by atoms with van der Waals surface area (Å²) in [4.78, 5) is 0. The fourth-order valence-electron chi connectivity index (χ4n) is 1.02. The second kappa shape index (κ2) is 4.47. The van der Waals surface area contributed by atoms with E-state index in [0.29, 0.717) is 0 Å². The Morgan fingerprint density at radius 1 is 1.44 bits per heavy atom. The van der Waals surface area contributed by atoms with Crippen molar-refractivity contribution in [3.05, 3.63) is 0 Å². The fourth-order valence-corrected chi connectivity index (χ4v) is 2.20. The Morgan fingerprint density at radius 2 is 2.11 bits per heavy atom. The van der Waals surface area contributed by atoms with Crippen LogP contribution in [0.1, 0.15) is 12.8 Å². The van der Waals surface area contributed by atoms with Gasteiger partial charge in [0.1, 0.15) is 0 Å². The summed E-state index contributed by atoms with van der Waals surface area (Å²) in [7, 11) is 1.65. The van der Waals surface area contributed by atoms with Crippen LogP contribution < -0.4 is 0 Å². The molecule has 0 spiro atoms. The normalized spacial score (nSPS) is 22.3. The first-order chi connectivity index (χ1) is 4.43. The molecule has 1 aliphatic rings. The Morgan fingerprint density at radius 3 is 2.67 bits per heavy atom. The molecule has 0 atom stereocenters. The Kier molecular flexibility index (Phi) is 3.86. The first kappa shape index (κ1) is 7.76. The average Bonchev–Trinajstić information content (AvgIpc) is 1.91. The van der Waals surface area contributed by atoms with Gasteiger partial charge in [-0.15, -0.1) is 11.7 Å². The topological polar surface area (TPSA) is 9.23 Å². The van der Waals surface area contributed by atoms with Crippen LogP contribution >= 0.6 is 22.5 Å². The van der Waals surface area contributed by atoms with Gasteiger partial charge in [-0.2, -0.15) is 0 Å². The van der Waals surface area contributed by atoms with Crippen molar-refractivity contribution in [2.45, 2.75) is 12.8 Å². The summed E-state index contributed by atoms with van der Waals surface area (Å²) in [5.41, 5.74) is 0. The lowest BCUT2D eigenvalue weighted by molar-refractivity contribution is 0.0728. The van der Waals surface area contributed by atoms with Gasteiger partial charge in [-0.1, -0.05) is 10.8 Å². The van der Waals surface area contributed by atoms with Crippen molar-refractivity contribution in [3.8, 4) is 0 Å². The fraction of sp³-hybridized carbons (Fsp3) is 1.00. The van der Waals surface area contributed by atoms with Crippen LogP contribution in [0.3, 0.4) is 0 Å². The molecule has 0 N–H and O–H groups in total. The highest BCUT2D eigenvalue weighted by molar-refractivity contribution is 8.68. The van der Waals surface area contributed by atoms with Gasteiger partial charge in [-0.3, -0.25) is 0 Å². The number of rotatable bonds is 2. The largest absolute Gasteiger partial charge is 0.381 e. The third-order valence-electron chi connectivity index (χ3n) is 1.65. The van der Waals surface area contributed by atoms with Crippen molar-refractivity contribution in [2.24, 2.45) is 5.92 Å². The van der Waals surface area contributed by atoms with Crippen molar-refractivity contribution >= 4 is 22.5 Å². The van der Waals surface area contributed by atoms with E-state index in [9.17, 15) is 0 Å². The van der Waals surface area contributed by atoms with Gasteiger partial charge in [0.25, 0.3) is 0 Å². The van der Waals surface area contributed by atoms with E-state index in [1.807, 2.05) is 0 Å². The predicted molar refractivity (Wildman–Crippen MR) is 45.0 cm³/mol. The zero-order valence-corrected chi connectivity index (χ0v) is 7.09. The molecule has 0 bridgehead atoms. The minimum Gasteiger partial charge on any atom is -0.381 e. The van der Waals surface area contributed by atoms with Gasteiger partial charge < -0.3 is 4.74 Å². The van der Waals surface area contributed by atoms with Crippen molar-refractivity contribution in [3.63, 3.8) is 0 Å². The Labute approximate surface area is 65.3 Å². The van der Waals surface area contributed by atoms with Gasteiger partial charge >= 0.3 is 0 Å². The smallest absolute Gasteiger partial charge is 0.0468 e. The van der Waals surface area contributed by atoms with E-state index < -0.39 is 0 Å². The molecule has 0 saturated carbocycles. The molecule has 0 amide bonds. The van der Waals surface area contributed by atoms with Crippen LogP contribution in [0.5, 0.6) is 0 Å². The molecule has 0 unspecified atom stereocenters. The van der Waals surface area contributed by atoms with Crippen molar-refractivity contribution in [1.29, 1.82) is 0 Å². The molecular weight excluding hydrogens is 152 g/mol. The molecule has 1 heterocycles. The molecule has 0 radical (unpaired) electrons. The molecule has 1 nitrogen and oxygen atoms in total. The highest BCUT2D eigenvalue weighted by atomic mass is 33.1. The maximum absolute atomic E-state index is 5.21. The van der Waals surface area contributed by atoms with E-state index in [4.69, 9.17) is 4.74 Å². The molecule has 1 rings (SSSR count). The lowest BCUT2D eigenvalue weighted by atomic mass is 10.0. The SMILES string of the molecule is SSCC1CCOCC1. The van der Waals surface area contributed by atoms with Gasteiger partial charge in [0, 0.05) is 19.0 Å². The second-order valence-corrected chi connectivity index (χ2v) is 3.72. The van der Waals surface area contributed by atoms with Crippen LogP contribution in [0.25, 0.3) is 0 Å². The molecule has 0 aliphatic carbocycles. The van der Waals surface area contributed by atoms with E-state index in [1.165, 1.54) is 18.6 Å². The maximum atomic E-state index is 5.21. The number of thiol groups is 1. The molecule has 0 aromatic rings. The number of ether oxygens (including phenoxy) is 1. The summed E-state index contributed by atoms with van der Waals surface area (Å²) in [6, 6.07) is 0. The van der Waals surface area contributed by atoms with Crippen LogP contribution in [-0.4, -0.2) is 19.0 Å². The van der Waals surface area contributed by atoms with E-state index >= 15 is 0 Å². The maximum Gasteiger partial charge on any atom is 0.0468 e. The summed E-state index contributed by atoms with van der Waals surface area (Å²) in [6.07, 6.45) is 2.46. The molecule has 9 heavy (non-hydrogen) atoms. The molecule has 1 aliphatic heterocycles. The van der Waals surface area contributed by atoms with Crippen molar-refractivity contribution in [2.75, 3.05) is 19.0 Å². The van der Waals surface area contributed by atoms with Gasteiger partial charge in [-0.05, 0) is 18.8 Å². The lowest BCUT2D eigenvalue weighted by Crippen LogP contribution is -2.16. The number of hydrogen-bond acceptors (Lipinski definition) is 3. The predicted octanol–water partition coefficient (Wildman–Crippen LogP) is 1.99. The quantitative estimate of drug-likeness (QED) is 0.494.